The molecule has 1 aromatic rings. The third-order valence-corrected chi connectivity index (χ3v) is 5.40. The zero-order valence-corrected chi connectivity index (χ0v) is 14.6. The average molecular weight is 354 g/mol. The summed E-state index contributed by atoms with van der Waals surface area (Å²) in [6, 6.07) is 5.54. The first-order chi connectivity index (χ1) is 9.71. The lowest BCUT2D eigenvalue weighted by molar-refractivity contribution is -0.0233. The van der Waals surface area contributed by atoms with E-state index < -0.39 is 5.60 Å². The van der Waals surface area contributed by atoms with E-state index in [1.54, 1.807) is 0 Å². The van der Waals surface area contributed by atoms with Crippen molar-refractivity contribution in [2.24, 2.45) is 5.41 Å². The molecular formula is C17H24BrNO2. The average Bonchev–Trinajstić information content (AvgIpc) is 2.43. The SMILES string of the molecule is Cc1ccc(C(=O)NCC2(O)CCC(C)(C)CC2)cc1Br. The molecule has 1 aliphatic rings. The Hall–Kier alpha value is -0.870. The first kappa shape index (κ1) is 16.5. The number of rotatable bonds is 3. The van der Waals surface area contributed by atoms with Crippen molar-refractivity contribution in [3.63, 3.8) is 0 Å². The number of benzene rings is 1. The lowest BCUT2D eigenvalue weighted by Gasteiger charge is -2.40. The molecule has 0 spiro atoms. The number of carbonyl (C=O) groups is 1. The molecule has 0 saturated heterocycles. The summed E-state index contributed by atoms with van der Waals surface area (Å²) < 4.78 is 0.924. The molecule has 3 nitrogen and oxygen atoms in total. The highest BCUT2D eigenvalue weighted by atomic mass is 79.9. The fourth-order valence-electron chi connectivity index (χ4n) is 2.65. The molecule has 1 aromatic carbocycles. The summed E-state index contributed by atoms with van der Waals surface area (Å²) >= 11 is 3.44. The number of aliphatic hydroxyl groups is 1. The number of hydrogen-bond acceptors (Lipinski definition) is 2. The van der Waals surface area contributed by atoms with Gasteiger partial charge in [-0.2, -0.15) is 0 Å². The molecule has 0 aliphatic heterocycles. The minimum Gasteiger partial charge on any atom is -0.388 e. The maximum absolute atomic E-state index is 12.2. The number of amides is 1. The van der Waals surface area contributed by atoms with Crippen LogP contribution in [0, 0.1) is 12.3 Å². The Morgan fingerprint density at radius 2 is 1.90 bits per heavy atom. The lowest BCUT2D eigenvalue weighted by Crippen LogP contribution is -2.46. The topological polar surface area (TPSA) is 49.3 Å². The van der Waals surface area contributed by atoms with Crippen LogP contribution in [0.2, 0.25) is 0 Å². The van der Waals surface area contributed by atoms with Crippen molar-refractivity contribution in [1.82, 2.24) is 5.32 Å². The van der Waals surface area contributed by atoms with Crippen LogP contribution < -0.4 is 5.32 Å². The fourth-order valence-corrected chi connectivity index (χ4v) is 3.03. The largest absolute Gasteiger partial charge is 0.388 e. The van der Waals surface area contributed by atoms with Crippen LogP contribution in [0.5, 0.6) is 0 Å². The van der Waals surface area contributed by atoms with Gasteiger partial charge in [0.2, 0.25) is 0 Å². The van der Waals surface area contributed by atoms with Gasteiger partial charge in [0.25, 0.3) is 5.91 Å². The van der Waals surface area contributed by atoms with Crippen molar-refractivity contribution in [3.05, 3.63) is 33.8 Å². The van der Waals surface area contributed by atoms with E-state index >= 15 is 0 Å². The van der Waals surface area contributed by atoms with Gasteiger partial charge in [-0.05, 0) is 55.7 Å². The maximum Gasteiger partial charge on any atom is 0.251 e. The van der Waals surface area contributed by atoms with Crippen LogP contribution in [0.15, 0.2) is 22.7 Å². The highest BCUT2D eigenvalue weighted by molar-refractivity contribution is 9.10. The van der Waals surface area contributed by atoms with Gasteiger partial charge in [0, 0.05) is 16.6 Å². The minimum atomic E-state index is -0.757. The number of nitrogens with one attached hydrogen (secondary N) is 1. The molecule has 1 amide bonds. The molecule has 21 heavy (non-hydrogen) atoms. The summed E-state index contributed by atoms with van der Waals surface area (Å²) in [6.07, 6.45) is 3.49. The van der Waals surface area contributed by atoms with Crippen LogP contribution in [-0.2, 0) is 0 Å². The Bertz CT molecular complexity index is 530. The standard InChI is InChI=1S/C17H24BrNO2/c1-12-4-5-13(10-14(12)18)15(20)19-11-17(21)8-6-16(2,3)7-9-17/h4-5,10,21H,6-9,11H2,1-3H3,(H,19,20). The monoisotopic (exact) mass is 353 g/mol. The molecule has 1 aliphatic carbocycles. The zero-order chi connectivity index (χ0) is 15.7. The Morgan fingerprint density at radius 1 is 1.29 bits per heavy atom. The summed E-state index contributed by atoms with van der Waals surface area (Å²) in [5.41, 5.74) is 1.26. The maximum atomic E-state index is 12.2. The molecule has 0 unspecified atom stereocenters. The molecule has 0 heterocycles. The molecule has 2 rings (SSSR count). The van der Waals surface area contributed by atoms with Gasteiger partial charge in [0.1, 0.15) is 0 Å². The van der Waals surface area contributed by atoms with Crippen molar-refractivity contribution in [2.45, 2.75) is 52.1 Å². The van der Waals surface area contributed by atoms with Crippen molar-refractivity contribution in [1.29, 1.82) is 0 Å². The number of halogens is 1. The van der Waals surface area contributed by atoms with Crippen LogP contribution in [0.25, 0.3) is 0 Å². The minimum absolute atomic E-state index is 0.131. The van der Waals surface area contributed by atoms with E-state index in [0.717, 1.165) is 35.7 Å². The molecule has 1 saturated carbocycles. The van der Waals surface area contributed by atoms with E-state index in [0.29, 0.717) is 17.5 Å². The van der Waals surface area contributed by atoms with Gasteiger partial charge in [-0.15, -0.1) is 0 Å². The second-order valence-electron chi connectivity index (χ2n) is 7.04. The van der Waals surface area contributed by atoms with Gasteiger partial charge in [0.05, 0.1) is 5.60 Å². The van der Waals surface area contributed by atoms with Crippen molar-refractivity contribution in [3.8, 4) is 0 Å². The quantitative estimate of drug-likeness (QED) is 0.867. The predicted molar refractivity (Wildman–Crippen MR) is 88.4 cm³/mol. The van der Waals surface area contributed by atoms with E-state index in [9.17, 15) is 9.90 Å². The van der Waals surface area contributed by atoms with Gasteiger partial charge in [-0.25, -0.2) is 0 Å². The molecule has 2 N–H and O–H groups in total. The van der Waals surface area contributed by atoms with Crippen LogP contribution in [0.1, 0.15) is 55.5 Å². The van der Waals surface area contributed by atoms with Gasteiger partial charge in [-0.3, -0.25) is 4.79 Å². The van der Waals surface area contributed by atoms with Gasteiger partial charge in [0.15, 0.2) is 0 Å². The second kappa shape index (κ2) is 6.09. The highest BCUT2D eigenvalue weighted by Gasteiger charge is 2.36. The molecule has 0 atom stereocenters. The Kier molecular flexibility index (Phi) is 4.79. The second-order valence-corrected chi connectivity index (χ2v) is 7.89. The van der Waals surface area contributed by atoms with Gasteiger partial charge < -0.3 is 10.4 Å². The molecule has 0 radical (unpaired) electrons. The van der Waals surface area contributed by atoms with Crippen molar-refractivity contribution >= 4 is 21.8 Å². The van der Waals surface area contributed by atoms with E-state index in [4.69, 9.17) is 0 Å². The summed E-state index contributed by atoms with van der Waals surface area (Å²) in [4.78, 5) is 12.2. The number of hydrogen-bond donors (Lipinski definition) is 2. The van der Waals surface area contributed by atoms with E-state index in [-0.39, 0.29) is 5.91 Å². The summed E-state index contributed by atoms with van der Waals surface area (Å²) in [7, 11) is 0. The van der Waals surface area contributed by atoms with Gasteiger partial charge in [-0.1, -0.05) is 35.8 Å². The molecule has 0 bridgehead atoms. The zero-order valence-electron chi connectivity index (χ0n) is 13.0. The fraction of sp³-hybridized carbons (Fsp3) is 0.588. The number of aryl methyl sites for hydroxylation is 1. The summed E-state index contributed by atoms with van der Waals surface area (Å²) in [5.74, 6) is -0.131. The van der Waals surface area contributed by atoms with Crippen LogP contribution >= 0.6 is 15.9 Å². The Morgan fingerprint density at radius 3 is 2.48 bits per heavy atom. The Labute approximate surface area is 135 Å². The summed E-state index contributed by atoms with van der Waals surface area (Å²) in [5, 5.41) is 13.4. The normalized spacial score (nSPS) is 20.0. The predicted octanol–water partition coefficient (Wildman–Crippen LogP) is 3.82. The van der Waals surface area contributed by atoms with E-state index in [1.807, 2.05) is 25.1 Å². The third kappa shape index (κ3) is 4.30. The van der Waals surface area contributed by atoms with Crippen molar-refractivity contribution in [2.75, 3.05) is 6.54 Å². The van der Waals surface area contributed by atoms with E-state index in [1.165, 1.54) is 0 Å². The molecular weight excluding hydrogens is 330 g/mol. The van der Waals surface area contributed by atoms with Crippen LogP contribution in [0.3, 0.4) is 0 Å². The van der Waals surface area contributed by atoms with Crippen LogP contribution in [0.4, 0.5) is 0 Å². The van der Waals surface area contributed by atoms with Crippen molar-refractivity contribution < 1.29 is 9.90 Å². The van der Waals surface area contributed by atoms with Crippen LogP contribution in [-0.4, -0.2) is 23.2 Å². The van der Waals surface area contributed by atoms with Gasteiger partial charge >= 0.3 is 0 Å². The molecule has 116 valence electrons. The molecule has 1 fully saturated rings. The summed E-state index contributed by atoms with van der Waals surface area (Å²) in [6.45, 7) is 6.77. The Balaban J connectivity index is 1.93. The molecule has 0 aromatic heterocycles. The molecule has 4 heteroatoms. The lowest BCUT2D eigenvalue weighted by atomic mass is 9.71. The smallest absolute Gasteiger partial charge is 0.251 e. The van der Waals surface area contributed by atoms with E-state index in [2.05, 4.69) is 35.1 Å². The number of carbonyl (C=O) groups excluding carboxylic acids is 1. The first-order valence-electron chi connectivity index (χ1n) is 7.48. The highest BCUT2D eigenvalue weighted by Crippen LogP contribution is 2.39. The third-order valence-electron chi connectivity index (χ3n) is 4.55. The first-order valence-corrected chi connectivity index (χ1v) is 8.27.